The van der Waals surface area contributed by atoms with E-state index in [0.29, 0.717) is 18.4 Å². The maximum atomic E-state index is 11.6. The smallest absolute Gasteiger partial charge is 0.334 e. The fraction of sp³-hybridized carbons (Fsp3) is 0.914. The zero-order valence-electron chi connectivity index (χ0n) is 26.7. The molecular formula is C35H62O7. The molecule has 0 amide bonds. The lowest BCUT2D eigenvalue weighted by Gasteiger charge is -2.24. The third kappa shape index (κ3) is 12.9. The molecule has 244 valence electrons. The maximum Gasteiger partial charge on any atom is 0.334 e. The third-order valence-corrected chi connectivity index (χ3v) is 9.57. The van der Waals surface area contributed by atoms with Crippen molar-refractivity contribution in [1.29, 1.82) is 0 Å². The van der Waals surface area contributed by atoms with Gasteiger partial charge in [-0.3, -0.25) is 0 Å². The molecule has 0 aromatic carbocycles. The van der Waals surface area contributed by atoms with E-state index in [-0.39, 0.29) is 48.7 Å². The second kappa shape index (κ2) is 20.1. The Morgan fingerprint density at radius 3 is 1.64 bits per heavy atom. The lowest BCUT2D eigenvalue weighted by molar-refractivity contribution is -0.139. The number of aliphatic hydroxyl groups excluding tert-OH is 3. The average molecular weight is 595 g/mol. The largest absolute Gasteiger partial charge is 0.455 e. The number of carbonyl (C=O) groups is 1. The van der Waals surface area contributed by atoms with Gasteiger partial charge >= 0.3 is 5.97 Å². The minimum atomic E-state index is -0.406. The number of hydrogen-bond acceptors (Lipinski definition) is 7. The summed E-state index contributed by atoms with van der Waals surface area (Å²) in [5.41, 5.74) is 0.706. The predicted molar refractivity (Wildman–Crippen MR) is 166 cm³/mol. The van der Waals surface area contributed by atoms with Crippen LogP contribution in [0.4, 0.5) is 0 Å². The van der Waals surface area contributed by atoms with Crippen LogP contribution in [-0.4, -0.2) is 70.1 Å². The van der Waals surface area contributed by atoms with Gasteiger partial charge in [0, 0.05) is 5.57 Å². The molecular weight excluding hydrogens is 532 g/mol. The molecule has 3 heterocycles. The van der Waals surface area contributed by atoms with E-state index in [4.69, 9.17) is 14.2 Å². The van der Waals surface area contributed by atoms with Crippen LogP contribution < -0.4 is 0 Å². The van der Waals surface area contributed by atoms with Crippen LogP contribution in [0.5, 0.6) is 0 Å². The molecule has 8 unspecified atom stereocenters. The van der Waals surface area contributed by atoms with Crippen molar-refractivity contribution in [3.63, 3.8) is 0 Å². The van der Waals surface area contributed by atoms with Gasteiger partial charge in [0.1, 0.15) is 6.10 Å². The molecule has 0 radical (unpaired) electrons. The van der Waals surface area contributed by atoms with Crippen molar-refractivity contribution < 1.29 is 34.3 Å². The first kappa shape index (κ1) is 35.5. The number of carbonyl (C=O) groups excluding carboxylic acids is 1. The van der Waals surface area contributed by atoms with Gasteiger partial charge in [0.25, 0.3) is 0 Å². The van der Waals surface area contributed by atoms with E-state index >= 15 is 0 Å². The molecule has 0 aromatic heterocycles. The molecule has 0 spiro atoms. The van der Waals surface area contributed by atoms with Crippen molar-refractivity contribution in [3.8, 4) is 0 Å². The van der Waals surface area contributed by atoms with Gasteiger partial charge in [-0.25, -0.2) is 4.79 Å². The molecule has 8 atom stereocenters. The fourth-order valence-corrected chi connectivity index (χ4v) is 6.90. The number of unbranched alkanes of at least 4 members (excludes halogenated alkanes) is 11. The van der Waals surface area contributed by atoms with Crippen molar-refractivity contribution in [2.75, 3.05) is 0 Å². The highest BCUT2D eigenvalue weighted by molar-refractivity contribution is 5.90. The van der Waals surface area contributed by atoms with E-state index in [9.17, 15) is 20.1 Å². The Morgan fingerprint density at radius 2 is 1.17 bits per heavy atom. The fourth-order valence-electron chi connectivity index (χ4n) is 6.90. The number of hydrogen-bond donors (Lipinski definition) is 3. The maximum absolute atomic E-state index is 11.6. The molecule has 3 N–H and O–H groups in total. The Bertz CT molecular complexity index is 770. The Hall–Kier alpha value is -0.990. The van der Waals surface area contributed by atoms with Crippen molar-refractivity contribution >= 4 is 5.97 Å². The topological polar surface area (TPSA) is 105 Å². The first-order chi connectivity index (χ1) is 20.4. The van der Waals surface area contributed by atoms with E-state index in [2.05, 4.69) is 6.92 Å². The SMILES string of the molecule is CCCCCCCCC(O)C1CCC(C2CCC(C(O)CCCCCCCCCC(O)CCC3=CC(C)OC3=O)O2)O1. The Labute approximate surface area is 255 Å². The molecule has 0 bridgehead atoms. The Balaban J connectivity index is 1.14. The summed E-state index contributed by atoms with van der Waals surface area (Å²) < 4.78 is 17.6. The highest BCUT2D eigenvalue weighted by Gasteiger charge is 2.40. The van der Waals surface area contributed by atoms with Crippen molar-refractivity contribution in [2.24, 2.45) is 0 Å². The standard InChI is InChI=1S/C35H62O7/c1-3-4-5-6-11-14-17-29(37)31-21-23-33(41-31)34-24-22-32(42-34)30(38)18-15-12-9-7-8-10-13-16-28(36)20-19-27-25-26(2)40-35(27)39/h25-26,28-34,36-38H,3-24H2,1-2H3. The quantitative estimate of drug-likeness (QED) is 0.0858. The zero-order chi connectivity index (χ0) is 30.2. The molecule has 0 aliphatic carbocycles. The summed E-state index contributed by atoms with van der Waals surface area (Å²) in [6, 6.07) is 0. The van der Waals surface area contributed by atoms with Crippen molar-refractivity contribution in [3.05, 3.63) is 11.6 Å². The van der Waals surface area contributed by atoms with Gasteiger partial charge in [0.05, 0.1) is 42.7 Å². The molecule has 7 nitrogen and oxygen atoms in total. The van der Waals surface area contributed by atoms with Gasteiger partial charge in [-0.05, 0) is 70.8 Å². The highest BCUT2D eigenvalue weighted by Crippen LogP contribution is 2.34. The van der Waals surface area contributed by atoms with Crippen molar-refractivity contribution in [1.82, 2.24) is 0 Å². The number of ether oxygens (including phenoxy) is 3. The summed E-state index contributed by atoms with van der Waals surface area (Å²) in [6.45, 7) is 4.09. The second-order valence-electron chi connectivity index (χ2n) is 13.3. The molecule has 7 heteroatoms. The van der Waals surface area contributed by atoms with E-state index in [1.165, 1.54) is 51.4 Å². The zero-order valence-corrected chi connectivity index (χ0v) is 26.7. The van der Waals surface area contributed by atoms with Crippen LogP contribution in [0.1, 0.15) is 155 Å². The number of esters is 1. The lowest BCUT2D eigenvalue weighted by Crippen LogP contribution is -2.33. The van der Waals surface area contributed by atoms with Crippen molar-refractivity contribution in [2.45, 2.75) is 204 Å². The van der Waals surface area contributed by atoms with Crippen LogP contribution in [0.25, 0.3) is 0 Å². The summed E-state index contributed by atoms with van der Waals surface area (Å²) in [7, 11) is 0. The molecule has 2 fully saturated rings. The molecule has 0 aromatic rings. The molecule has 0 saturated carbocycles. The minimum Gasteiger partial charge on any atom is -0.455 e. The monoisotopic (exact) mass is 594 g/mol. The summed E-state index contributed by atoms with van der Waals surface area (Å²) in [5.74, 6) is -0.232. The van der Waals surface area contributed by atoms with E-state index < -0.39 is 6.10 Å². The number of rotatable bonds is 23. The lowest BCUT2D eigenvalue weighted by atomic mass is 10.00. The minimum absolute atomic E-state index is 0.0504. The van der Waals surface area contributed by atoms with Gasteiger partial charge in [-0.2, -0.15) is 0 Å². The van der Waals surface area contributed by atoms with Crippen LogP contribution in [0.15, 0.2) is 11.6 Å². The molecule has 3 aliphatic rings. The van der Waals surface area contributed by atoms with E-state index in [1.807, 2.05) is 13.0 Å². The highest BCUT2D eigenvalue weighted by atomic mass is 16.6. The van der Waals surface area contributed by atoms with Crippen LogP contribution in [0, 0.1) is 0 Å². The van der Waals surface area contributed by atoms with Gasteiger partial charge in [0.15, 0.2) is 0 Å². The van der Waals surface area contributed by atoms with Gasteiger partial charge < -0.3 is 29.5 Å². The van der Waals surface area contributed by atoms with Crippen LogP contribution in [-0.2, 0) is 19.0 Å². The average Bonchev–Trinajstić information content (AvgIpc) is 3.72. The second-order valence-corrected chi connectivity index (χ2v) is 13.3. The normalized spacial score (nSPS) is 28.2. The summed E-state index contributed by atoms with van der Waals surface area (Å²) in [6.07, 6.45) is 23.1. The molecule has 2 saturated heterocycles. The number of cyclic esters (lactones) is 1. The Morgan fingerprint density at radius 1 is 0.690 bits per heavy atom. The molecule has 42 heavy (non-hydrogen) atoms. The van der Waals surface area contributed by atoms with Gasteiger partial charge in [-0.15, -0.1) is 0 Å². The van der Waals surface area contributed by atoms with Crippen LogP contribution >= 0.6 is 0 Å². The first-order valence-electron chi connectivity index (χ1n) is 17.6. The Kier molecular flexibility index (Phi) is 17.0. The van der Waals surface area contributed by atoms with Gasteiger partial charge in [-0.1, -0.05) is 90.4 Å². The third-order valence-electron chi connectivity index (χ3n) is 9.57. The van der Waals surface area contributed by atoms with E-state index in [0.717, 1.165) is 77.0 Å². The summed E-state index contributed by atoms with van der Waals surface area (Å²) >= 11 is 0. The molecule has 3 aliphatic heterocycles. The van der Waals surface area contributed by atoms with Gasteiger partial charge in [0.2, 0.25) is 0 Å². The molecule has 3 rings (SSSR count). The number of aliphatic hydroxyl groups is 3. The first-order valence-corrected chi connectivity index (χ1v) is 17.6. The van der Waals surface area contributed by atoms with Crippen LogP contribution in [0.3, 0.4) is 0 Å². The summed E-state index contributed by atoms with van der Waals surface area (Å²) in [4.78, 5) is 11.6. The predicted octanol–water partition coefficient (Wildman–Crippen LogP) is 7.08. The van der Waals surface area contributed by atoms with E-state index in [1.54, 1.807) is 0 Å². The van der Waals surface area contributed by atoms with Crippen LogP contribution in [0.2, 0.25) is 0 Å². The summed E-state index contributed by atoms with van der Waals surface area (Å²) in [5, 5.41) is 31.6.